The SMILES string of the molecule is Cc1cc(NC(=O)CN2CCNC[C@H]2C)no1.Cl. The minimum absolute atomic E-state index is 0. The average Bonchev–Trinajstić information content (AvgIpc) is 2.67. The van der Waals surface area contributed by atoms with Gasteiger partial charge in [-0.15, -0.1) is 12.4 Å². The Morgan fingerprint density at radius 1 is 1.72 bits per heavy atom. The monoisotopic (exact) mass is 274 g/mol. The minimum atomic E-state index is -0.0490. The highest BCUT2D eigenvalue weighted by Crippen LogP contribution is 2.08. The van der Waals surface area contributed by atoms with Crippen LogP contribution in [-0.4, -0.2) is 48.2 Å². The maximum atomic E-state index is 11.8. The van der Waals surface area contributed by atoms with Gasteiger partial charge in [-0.05, 0) is 13.8 Å². The van der Waals surface area contributed by atoms with Crippen LogP contribution in [0.4, 0.5) is 5.82 Å². The van der Waals surface area contributed by atoms with Crippen LogP contribution in [0.3, 0.4) is 0 Å². The molecule has 6 nitrogen and oxygen atoms in total. The van der Waals surface area contributed by atoms with Gasteiger partial charge in [0.2, 0.25) is 5.91 Å². The van der Waals surface area contributed by atoms with Crippen molar-refractivity contribution in [2.45, 2.75) is 19.9 Å². The van der Waals surface area contributed by atoms with Crippen molar-refractivity contribution in [2.24, 2.45) is 0 Å². The molecule has 1 aliphatic rings. The molecule has 0 aromatic carbocycles. The lowest BCUT2D eigenvalue weighted by atomic mass is 10.2. The van der Waals surface area contributed by atoms with Crippen LogP contribution in [0, 0.1) is 6.92 Å². The number of halogens is 1. The highest BCUT2D eigenvalue weighted by Gasteiger charge is 2.20. The molecule has 18 heavy (non-hydrogen) atoms. The molecule has 2 heterocycles. The van der Waals surface area contributed by atoms with E-state index in [9.17, 15) is 4.79 Å². The number of rotatable bonds is 3. The molecule has 0 bridgehead atoms. The first-order chi connectivity index (χ1) is 8.15. The Bertz CT molecular complexity index is 396. The molecule has 1 saturated heterocycles. The second-order valence-electron chi connectivity index (χ2n) is 4.39. The summed E-state index contributed by atoms with van der Waals surface area (Å²) in [5.74, 6) is 1.12. The fourth-order valence-corrected chi connectivity index (χ4v) is 1.91. The van der Waals surface area contributed by atoms with E-state index < -0.39 is 0 Å². The number of carbonyl (C=O) groups excluding carboxylic acids is 1. The largest absolute Gasteiger partial charge is 0.360 e. The van der Waals surface area contributed by atoms with Crippen molar-refractivity contribution >= 4 is 24.1 Å². The molecule has 0 aliphatic carbocycles. The third kappa shape index (κ3) is 3.97. The van der Waals surface area contributed by atoms with Gasteiger partial charge in [0.05, 0.1) is 6.54 Å². The summed E-state index contributed by atoms with van der Waals surface area (Å²) < 4.78 is 4.89. The maximum absolute atomic E-state index is 11.8. The van der Waals surface area contributed by atoms with Crippen molar-refractivity contribution in [3.63, 3.8) is 0 Å². The van der Waals surface area contributed by atoms with E-state index in [0.29, 0.717) is 24.2 Å². The Balaban J connectivity index is 0.00000162. The minimum Gasteiger partial charge on any atom is -0.360 e. The van der Waals surface area contributed by atoms with E-state index in [0.717, 1.165) is 19.6 Å². The average molecular weight is 275 g/mol. The fraction of sp³-hybridized carbons (Fsp3) is 0.636. The van der Waals surface area contributed by atoms with Gasteiger partial charge in [-0.3, -0.25) is 9.69 Å². The van der Waals surface area contributed by atoms with Crippen LogP contribution in [0.1, 0.15) is 12.7 Å². The van der Waals surface area contributed by atoms with Crippen molar-refractivity contribution in [1.82, 2.24) is 15.4 Å². The fourth-order valence-electron chi connectivity index (χ4n) is 1.91. The van der Waals surface area contributed by atoms with Gasteiger partial charge < -0.3 is 15.2 Å². The molecule has 0 unspecified atom stereocenters. The highest BCUT2D eigenvalue weighted by molar-refractivity contribution is 5.91. The number of piperazine rings is 1. The van der Waals surface area contributed by atoms with E-state index >= 15 is 0 Å². The van der Waals surface area contributed by atoms with E-state index in [2.05, 4.69) is 27.6 Å². The zero-order valence-electron chi connectivity index (χ0n) is 10.6. The van der Waals surface area contributed by atoms with Crippen LogP contribution in [0.5, 0.6) is 0 Å². The van der Waals surface area contributed by atoms with Gasteiger partial charge in [-0.25, -0.2) is 0 Å². The van der Waals surface area contributed by atoms with Crippen molar-refractivity contribution in [1.29, 1.82) is 0 Å². The van der Waals surface area contributed by atoms with Gasteiger partial charge >= 0.3 is 0 Å². The van der Waals surface area contributed by atoms with Crippen molar-refractivity contribution in [3.8, 4) is 0 Å². The van der Waals surface area contributed by atoms with Crippen LogP contribution < -0.4 is 10.6 Å². The molecule has 2 N–H and O–H groups in total. The lowest BCUT2D eigenvalue weighted by molar-refractivity contribution is -0.118. The summed E-state index contributed by atoms with van der Waals surface area (Å²) in [6.45, 7) is 7.05. The third-order valence-electron chi connectivity index (χ3n) is 2.88. The van der Waals surface area contributed by atoms with E-state index in [1.54, 1.807) is 13.0 Å². The number of nitrogens with zero attached hydrogens (tertiary/aromatic N) is 2. The highest BCUT2D eigenvalue weighted by atomic mass is 35.5. The molecule has 1 aromatic heterocycles. The van der Waals surface area contributed by atoms with E-state index in [1.807, 2.05) is 0 Å². The number of amides is 1. The third-order valence-corrected chi connectivity index (χ3v) is 2.88. The zero-order chi connectivity index (χ0) is 12.3. The smallest absolute Gasteiger partial charge is 0.239 e. The molecule has 0 spiro atoms. The van der Waals surface area contributed by atoms with Gasteiger partial charge in [-0.2, -0.15) is 0 Å². The van der Waals surface area contributed by atoms with E-state index in [1.165, 1.54) is 0 Å². The molecule has 1 aromatic rings. The summed E-state index contributed by atoms with van der Waals surface area (Å²) in [7, 11) is 0. The number of aromatic nitrogens is 1. The lowest BCUT2D eigenvalue weighted by Gasteiger charge is -2.33. The molecule has 102 valence electrons. The van der Waals surface area contributed by atoms with Crippen LogP contribution in [0.2, 0.25) is 0 Å². The number of hydrogen-bond donors (Lipinski definition) is 2. The van der Waals surface area contributed by atoms with Crippen molar-refractivity contribution in [3.05, 3.63) is 11.8 Å². The predicted molar refractivity (Wildman–Crippen MR) is 71.0 cm³/mol. The Morgan fingerprint density at radius 2 is 2.50 bits per heavy atom. The normalized spacial score (nSPS) is 20.2. The van der Waals surface area contributed by atoms with Crippen molar-refractivity contribution < 1.29 is 9.32 Å². The predicted octanol–water partition coefficient (Wildman–Crippen LogP) is 0.637. The molecular weight excluding hydrogens is 256 g/mol. The van der Waals surface area contributed by atoms with E-state index in [4.69, 9.17) is 4.52 Å². The van der Waals surface area contributed by atoms with Gasteiger partial charge in [0.1, 0.15) is 5.76 Å². The molecule has 1 fully saturated rings. The second-order valence-corrected chi connectivity index (χ2v) is 4.39. The van der Waals surface area contributed by atoms with Gasteiger partial charge in [0.15, 0.2) is 5.82 Å². The van der Waals surface area contributed by atoms with E-state index in [-0.39, 0.29) is 18.3 Å². The van der Waals surface area contributed by atoms with Gasteiger partial charge in [-0.1, -0.05) is 5.16 Å². The second kappa shape index (κ2) is 6.72. The zero-order valence-corrected chi connectivity index (χ0v) is 11.4. The molecule has 1 aliphatic heterocycles. The van der Waals surface area contributed by atoms with Crippen LogP contribution >= 0.6 is 12.4 Å². The lowest BCUT2D eigenvalue weighted by Crippen LogP contribution is -2.52. The maximum Gasteiger partial charge on any atom is 0.239 e. The van der Waals surface area contributed by atoms with Crippen LogP contribution in [0.15, 0.2) is 10.6 Å². The molecular formula is C11H19ClN4O2. The number of carbonyl (C=O) groups is 1. The number of hydrogen-bond acceptors (Lipinski definition) is 5. The van der Waals surface area contributed by atoms with Crippen LogP contribution in [0.25, 0.3) is 0 Å². The van der Waals surface area contributed by atoms with Gasteiger partial charge in [0.25, 0.3) is 0 Å². The molecule has 1 amide bonds. The van der Waals surface area contributed by atoms with Crippen LogP contribution in [-0.2, 0) is 4.79 Å². The molecule has 1 atom stereocenters. The molecule has 7 heteroatoms. The van der Waals surface area contributed by atoms with Crippen molar-refractivity contribution in [2.75, 3.05) is 31.5 Å². The summed E-state index contributed by atoms with van der Waals surface area (Å²) >= 11 is 0. The number of nitrogens with one attached hydrogen (secondary N) is 2. The molecule has 0 saturated carbocycles. The first-order valence-corrected chi connectivity index (χ1v) is 5.83. The topological polar surface area (TPSA) is 70.4 Å². The van der Waals surface area contributed by atoms with Gasteiger partial charge in [0, 0.05) is 31.7 Å². The molecule has 0 radical (unpaired) electrons. The first-order valence-electron chi connectivity index (χ1n) is 5.83. The standard InChI is InChI=1S/C11H18N4O2.ClH/c1-8-6-12-3-4-15(8)7-11(16)13-10-5-9(2)17-14-10;/h5,8,12H,3-4,6-7H2,1-2H3,(H,13,14,16);1H/t8-;/m1./s1. The Kier molecular flexibility index (Phi) is 5.58. The Hall–Kier alpha value is -1.11. The number of anilines is 1. The summed E-state index contributed by atoms with van der Waals surface area (Å²) in [5, 5.41) is 9.74. The summed E-state index contributed by atoms with van der Waals surface area (Å²) in [4.78, 5) is 13.9. The summed E-state index contributed by atoms with van der Waals surface area (Å²) in [5.41, 5.74) is 0. The molecule has 2 rings (SSSR count). The summed E-state index contributed by atoms with van der Waals surface area (Å²) in [6, 6.07) is 2.09. The Labute approximate surface area is 112 Å². The summed E-state index contributed by atoms with van der Waals surface area (Å²) in [6.07, 6.45) is 0. The Morgan fingerprint density at radius 3 is 3.11 bits per heavy atom. The quantitative estimate of drug-likeness (QED) is 0.846. The number of aryl methyl sites for hydroxylation is 1. The first kappa shape index (κ1) is 14.9.